The van der Waals surface area contributed by atoms with Crippen LogP contribution in [0.15, 0.2) is 24.3 Å². The molecule has 26 heavy (non-hydrogen) atoms. The number of benzene rings is 1. The summed E-state index contributed by atoms with van der Waals surface area (Å²) in [5, 5.41) is 21.4. The number of alkyl halides is 3. The first-order valence-electron chi connectivity index (χ1n) is 8.40. The molecule has 0 unspecified atom stereocenters. The molecular formula is C18H20F3N3O2. The molecule has 0 amide bonds. The number of nitrogens with one attached hydrogen (secondary N) is 1. The van der Waals surface area contributed by atoms with E-state index >= 15 is 0 Å². The van der Waals surface area contributed by atoms with Gasteiger partial charge in [-0.1, -0.05) is 0 Å². The molecule has 1 aromatic carbocycles. The first kappa shape index (κ1) is 18.6. The predicted octanol–water partition coefficient (Wildman–Crippen LogP) is 3.45. The fourth-order valence-electron chi connectivity index (χ4n) is 3.00. The van der Waals surface area contributed by atoms with Gasteiger partial charge in [0, 0.05) is 5.56 Å². The van der Waals surface area contributed by atoms with Crippen molar-refractivity contribution in [2.45, 2.75) is 38.7 Å². The van der Waals surface area contributed by atoms with E-state index in [1.165, 1.54) is 6.92 Å². The molecule has 1 saturated heterocycles. The molecule has 8 heteroatoms. The Hall–Kier alpha value is -2.19. The standard InChI is InChI=1S/C18H20F3N3O2/c1-11-8-12(18(19,20)21)9-16(25)17(11)15-3-2-13(23-24-15)10-26-14-4-6-22-7-5-14/h2-3,8-9,14,22,25H,4-7,10H2,1H3. The van der Waals surface area contributed by atoms with Gasteiger partial charge in [0.15, 0.2) is 0 Å². The molecule has 1 aromatic heterocycles. The number of halogens is 3. The zero-order valence-electron chi connectivity index (χ0n) is 14.3. The van der Waals surface area contributed by atoms with Crippen molar-refractivity contribution in [3.8, 4) is 17.0 Å². The monoisotopic (exact) mass is 367 g/mol. The van der Waals surface area contributed by atoms with Crippen LogP contribution in [0.1, 0.15) is 29.7 Å². The second-order valence-corrected chi connectivity index (χ2v) is 6.36. The van der Waals surface area contributed by atoms with E-state index < -0.39 is 17.5 Å². The van der Waals surface area contributed by atoms with Crippen LogP contribution >= 0.6 is 0 Å². The first-order chi connectivity index (χ1) is 12.3. The number of hydrogen-bond acceptors (Lipinski definition) is 5. The highest BCUT2D eigenvalue weighted by Gasteiger charge is 2.32. The van der Waals surface area contributed by atoms with Gasteiger partial charge in [-0.25, -0.2) is 0 Å². The summed E-state index contributed by atoms with van der Waals surface area (Å²) in [6.45, 7) is 3.69. The minimum Gasteiger partial charge on any atom is -0.507 e. The highest BCUT2D eigenvalue weighted by Crippen LogP contribution is 2.38. The number of ether oxygens (including phenoxy) is 1. The third-order valence-electron chi connectivity index (χ3n) is 4.37. The summed E-state index contributed by atoms with van der Waals surface area (Å²) >= 11 is 0. The summed E-state index contributed by atoms with van der Waals surface area (Å²) in [6.07, 6.45) is -2.42. The maximum atomic E-state index is 12.8. The van der Waals surface area contributed by atoms with Crippen LogP contribution in [0.25, 0.3) is 11.3 Å². The van der Waals surface area contributed by atoms with Crippen LogP contribution in [0.5, 0.6) is 5.75 Å². The van der Waals surface area contributed by atoms with Crippen molar-refractivity contribution in [1.29, 1.82) is 0 Å². The van der Waals surface area contributed by atoms with Gasteiger partial charge in [-0.15, -0.1) is 0 Å². The largest absolute Gasteiger partial charge is 0.507 e. The van der Waals surface area contributed by atoms with E-state index in [1.54, 1.807) is 12.1 Å². The van der Waals surface area contributed by atoms with Crippen molar-refractivity contribution in [3.63, 3.8) is 0 Å². The van der Waals surface area contributed by atoms with Gasteiger partial charge in [0.05, 0.1) is 29.7 Å². The molecule has 140 valence electrons. The van der Waals surface area contributed by atoms with E-state index in [0.717, 1.165) is 32.0 Å². The summed E-state index contributed by atoms with van der Waals surface area (Å²) in [6, 6.07) is 5.03. The number of phenolic OH excluding ortho intramolecular Hbond substituents is 1. The van der Waals surface area contributed by atoms with Gasteiger partial charge in [0.2, 0.25) is 0 Å². The molecule has 0 spiro atoms. The fraction of sp³-hybridized carbons (Fsp3) is 0.444. The Labute approximate surface area is 149 Å². The Morgan fingerprint density at radius 1 is 1.19 bits per heavy atom. The highest BCUT2D eigenvalue weighted by molar-refractivity contribution is 5.71. The maximum absolute atomic E-state index is 12.8. The zero-order valence-corrected chi connectivity index (χ0v) is 14.3. The lowest BCUT2D eigenvalue weighted by Gasteiger charge is -2.22. The average molecular weight is 367 g/mol. The van der Waals surface area contributed by atoms with E-state index in [2.05, 4.69) is 15.5 Å². The molecule has 1 aliphatic rings. The Morgan fingerprint density at radius 2 is 1.92 bits per heavy atom. The number of rotatable bonds is 4. The number of aryl methyl sites for hydroxylation is 1. The van der Waals surface area contributed by atoms with Crippen LogP contribution < -0.4 is 5.32 Å². The number of hydrogen-bond donors (Lipinski definition) is 2. The number of nitrogens with zero attached hydrogens (tertiary/aromatic N) is 2. The van der Waals surface area contributed by atoms with Crippen molar-refractivity contribution in [2.24, 2.45) is 0 Å². The molecule has 2 heterocycles. The van der Waals surface area contributed by atoms with Crippen LogP contribution in [-0.2, 0) is 17.5 Å². The van der Waals surface area contributed by atoms with Crippen molar-refractivity contribution in [2.75, 3.05) is 13.1 Å². The summed E-state index contributed by atoms with van der Waals surface area (Å²) in [5.41, 5.74) is 0.591. The average Bonchev–Trinajstić information content (AvgIpc) is 2.60. The summed E-state index contributed by atoms with van der Waals surface area (Å²) in [7, 11) is 0. The smallest absolute Gasteiger partial charge is 0.416 e. The Kier molecular flexibility index (Phi) is 5.43. The number of aromatic hydroxyl groups is 1. The SMILES string of the molecule is Cc1cc(C(F)(F)F)cc(O)c1-c1ccc(COC2CCNCC2)nn1. The van der Waals surface area contributed by atoms with Gasteiger partial charge >= 0.3 is 6.18 Å². The van der Waals surface area contributed by atoms with E-state index in [1.807, 2.05) is 0 Å². The molecule has 1 fully saturated rings. The van der Waals surface area contributed by atoms with Crippen LogP contribution in [-0.4, -0.2) is 34.5 Å². The maximum Gasteiger partial charge on any atom is 0.416 e. The van der Waals surface area contributed by atoms with Crippen molar-refractivity contribution >= 4 is 0 Å². The van der Waals surface area contributed by atoms with Gasteiger partial charge in [-0.2, -0.15) is 23.4 Å². The predicted molar refractivity (Wildman–Crippen MR) is 89.6 cm³/mol. The first-order valence-corrected chi connectivity index (χ1v) is 8.40. The van der Waals surface area contributed by atoms with Crippen LogP contribution in [0, 0.1) is 6.92 Å². The lowest BCUT2D eigenvalue weighted by molar-refractivity contribution is -0.137. The lowest BCUT2D eigenvalue weighted by atomic mass is 10.0. The van der Waals surface area contributed by atoms with E-state index in [9.17, 15) is 18.3 Å². The second kappa shape index (κ2) is 7.59. The van der Waals surface area contributed by atoms with Gasteiger partial charge in [-0.3, -0.25) is 0 Å². The van der Waals surface area contributed by atoms with Crippen molar-refractivity contribution < 1.29 is 23.0 Å². The van der Waals surface area contributed by atoms with E-state index in [-0.39, 0.29) is 17.2 Å². The van der Waals surface area contributed by atoms with Crippen LogP contribution in [0.3, 0.4) is 0 Å². The Balaban J connectivity index is 1.74. The molecule has 1 aliphatic heterocycles. The molecule has 0 aliphatic carbocycles. The summed E-state index contributed by atoms with van der Waals surface area (Å²) in [4.78, 5) is 0. The molecular weight excluding hydrogens is 347 g/mol. The van der Waals surface area contributed by atoms with Gasteiger partial charge in [-0.05, 0) is 62.7 Å². The quantitative estimate of drug-likeness (QED) is 0.867. The summed E-state index contributed by atoms with van der Waals surface area (Å²) < 4.78 is 44.2. The number of piperidine rings is 1. The minimum absolute atomic E-state index is 0.193. The molecule has 0 saturated carbocycles. The zero-order chi connectivity index (χ0) is 18.7. The van der Waals surface area contributed by atoms with Gasteiger partial charge in [0.25, 0.3) is 0 Å². The number of aromatic nitrogens is 2. The fourth-order valence-corrected chi connectivity index (χ4v) is 3.00. The van der Waals surface area contributed by atoms with Crippen LogP contribution in [0.2, 0.25) is 0 Å². The molecule has 2 N–H and O–H groups in total. The molecule has 0 bridgehead atoms. The molecule has 5 nitrogen and oxygen atoms in total. The second-order valence-electron chi connectivity index (χ2n) is 6.36. The third-order valence-corrected chi connectivity index (χ3v) is 4.37. The van der Waals surface area contributed by atoms with Gasteiger partial charge < -0.3 is 15.2 Å². The summed E-state index contributed by atoms with van der Waals surface area (Å²) in [5.74, 6) is -0.467. The van der Waals surface area contributed by atoms with Crippen molar-refractivity contribution in [1.82, 2.24) is 15.5 Å². The van der Waals surface area contributed by atoms with Crippen molar-refractivity contribution in [3.05, 3.63) is 41.1 Å². The van der Waals surface area contributed by atoms with Gasteiger partial charge in [0.1, 0.15) is 5.75 Å². The lowest BCUT2D eigenvalue weighted by Crippen LogP contribution is -2.32. The topological polar surface area (TPSA) is 67.3 Å². The van der Waals surface area contributed by atoms with E-state index in [4.69, 9.17) is 4.74 Å². The van der Waals surface area contributed by atoms with E-state index in [0.29, 0.717) is 24.1 Å². The molecule has 2 aromatic rings. The Morgan fingerprint density at radius 3 is 2.50 bits per heavy atom. The normalized spacial score (nSPS) is 16.0. The number of phenols is 1. The molecule has 0 atom stereocenters. The minimum atomic E-state index is -4.51. The molecule has 3 rings (SSSR count). The Bertz CT molecular complexity index is 734. The molecule has 0 radical (unpaired) electrons. The third kappa shape index (κ3) is 4.31. The van der Waals surface area contributed by atoms with Crippen LogP contribution in [0.4, 0.5) is 13.2 Å². The highest BCUT2D eigenvalue weighted by atomic mass is 19.4.